The molecular formula is C20H19NO3. The number of hydrogen-bond donors (Lipinski definition) is 0. The molecule has 0 bridgehead atoms. The molecule has 0 aliphatic carbocycles. The fourth-order valence-corrected chi connectivity index (χ4v) is 3.32. The predicted molar refractivity (Wildman–Crippen MR) is 94.0 cm³/mol. The molecule has 4 nitrogen and oxygen atoms in total. The van der Waals surface area contributed by atoms with Crippen LogP contribution in [0.15, 0.2) is 53.1 Å². The second-order valence-corrected chi connectivity index (χ2v) is 5.91. The van der Waals surface area contributed by atoms with E-state index < -0.39 is 0 Å². The maximum absolute atomic E-state index is 5.82. The zero-order valence-electron chi connectivity index (χ0n) is 14.0. The molecular weight excluding hydrogens is 302 g/mol. The van der Waals surface area contributed by atoms with Gasteiger partial charge in [0.15, 0.2) is 0 Å². The molecule has 2 heterocycles. The fourth-order valence-electron chi connectivity index (χ4n) is 3.32. The smallest absolute Gasteiger partial charge is 0.208 e. The molecule has 3 aromatic rings. The van der Waals surface area contributed by atoms with Gasteiger partial charge in [-0.3, -0.25) is 4.90 Å². The van der Waals surface area contributed by atoms with E-state index >= 15 is 0 Å². The minimum absolute atomic E-state index is 0.755. The van der Waals surface area contributed by atoms with E-state index in [1.807, 2.05) is 31.2 Å². The van der Waals surface area contributed by atoms with Gasteiger partial charge >= 0.3 is 0 Å². The highest BCUT2D eigenvalue weighted by atomic mass is 16.5. The number of rotatable bonds is 3. The monoisotopic (exact) mass is 321 g/mol. The number of aryl methyl sites for hydroxylation is 1. The van der Waals surface area contributed by atoms with Gasteiger partial charge in [0.2, 0.25) is 5.88 Å². The van der Waals surface area contributed by atoms with Gasteiger partial charge in [-0.25, -0.2) is 0 Å². The van der Waals surface area contributed by atoms with Crippen molar-refractivity contribution in [1.29, 1.82) is 0 Å². The zero-order chi connectivity index (χ0) is 16.7. The lowest BCUT2D eigenvalue weighted by atomic mass is 9.98. The summed E-state index contributed by atoms with van der Waals surface area (Å²) < 4.78 is 17.2. The molecule has 0 spiro atoms. The van der Waals surface area contributed by atoms with Crippen LogP contribution in [-0.2, 0) is 6.42 Å². The Kier molecular flexibility index (Phi) is 3.45. The summed E-state index contributed by atoms with van der Waals surface area (Å²) in [5, 5.41) is 0. The van der Waals surface area contributed by atoms with Crippen molar-refractivity contribution in [3.8, 4) is 11.5 Å². The molecule has 4 heteroatoms. The average Bonchev–Trinajstić information content (AvgIpc) is 3.07. The molecule has 0 radical (unpaired) electrons. The van der Waals surface area contributed by atoms with Crippen molar-refractivity contribution in [3.63, 3.8) is 0 Å². The molecule has 4 rings (SSSR count). The fraction of sp³-hybridized carbons (Fsp3) is 0.200. The predicted octanol–water partition coefficient (Wildman–Crippen LogP) is 4.98. The average molecular weight is 321 g/mol. The maximum atomic E-state index is 5.82. The number of ether oxygens (including phenoxy) is 2. The van der Waals surface area contributed by atoms with Gasteiger partial charge < -0.3 is 13.9 Å². The lowest BCUT2D eigenvalue weighted by molar-refractivity contribution is 0.395. The van der Waals surface area contributed by atoms with E-state index in [2.05, 4.69) is 23.1 Å². The Hall–Kier alpha value is -2.88. The molecule has 0 amide bonds. The van der Waals surface area contributed by atoms with E-state index in [0.717, 1.165) is 46.3 Å². The van der Waals surface area contributed by atoms with Crippen LogP contribution >= 0.6 is 0 Å². The van der Waals surface area contributed by atoms with Gasteiger partial charge in [-0.2, -0.15) is 0 Å². The lowest BCUT2D eigenvalue weighted by Crippen LogP contribution is -2.18. The SMILES string of the molecule is COc1cc(C)cc(OC)c1N1c2ccccc2Cc2ccoc21. The molecule has 24 heavy (non-hydrogen) atoms. The highest BCUT2D eigenvalue weighted by Crippen LogP contribution is 2.51. The highest BCUT2D eigenvalue weighted by molar-refractivity contribution is 5.87. The Balaban J connectivity index is 2.02. The minimum Gasteiger partial charge on any atom is -0.494 e. The molecule has 0 fully saturated rings. The summed E-state index contributed by atoms with van der Waals surface area (Å²) in [7, 11) is 3.35. The third-order valence-electron chi connectivity index (χ3n) is 4.39. The van der Waals surface area contributed by atoms with E-state index in [1.165, 1.54) is 5.56 Å². The van der Waals surface area contributed by atoms with Gasteiger partial charge in [0, 0.05) is 12.0 Å². The van der Waals surface area contributed by atoms with Crippen molar-refractivity contribution in [2.75, 3.05) is 19.1 Å². The van der Waals surface area contributed by atoms with Crippen molar-refractivity contribution in [1.82, 2.24) is 0 Å². The molecule has 0 unspecified atom stereocenters. The molecule has 1 aliphatic rings. The van der Waals surface area contributed by atoms with Crippen molar-refractivity contribution >= 4 is 17.3 Å². The number of hydrogen-bond acceptors (Lipinski definition) is 4. The maximum Gasteiger partial charge on any atom is 0.208 e. The number of methoxy groups -OCH3 is 2. The normalized spacial score (nSPS) is 12.5. The third kappa shape index (κ3) is 2.14. The van der Waals surface area contributed by atoms with Crippen LogP contribution in [-0.4, -0.2) is 14.2 Å². The summed E-state index contributed by atoms with van der Waals surface area (Å²) in [5.74, 6) is 2.32. The first kappa shape index (κ1) is 14.7. The Labute approximate surface area is 141 Å². The lowest BCUT2D eigenvalue weighted by Gasteiger charge is -2.31. The third-order valence-corrected chi connectivity index (χ3v) is 4.39. The van der Waals surface area contributed by atoms with Crippen molar-refractivity contribution in [2.24, 2.45) is 0 Å². The molecule has 122 valence electrons. The molecule has 2 aromatic carbocycles. The van der Waals surface area contributed by atoms with E-state index in [9.17, 15) is 0 Å². The second-order valence-electron chi connectivity index (χ2n) is 5.91. The Morgan fingerprint density at radius 3 is 2.38 bits per heavy atom. The molecule has 1 aromatic heterocycles. The van der Waals surface area contributed by atoms with Crippen LogP contribution in [0.4, 0.5) is 17.3 Å². The van der Waals surface area contributed by atoms with Gasteiger partial charge in [-0.05, 0) is 42.3 Å². The first-order chi connectivity index (χ1) is 11.7. The summed E-state index contributed by atoms with van der Waals surface area (Å²) >= 11 is 0. The first-order valence-electron chi connectivity index (χ1n) is 7.90. The van der Waals surface area contributed by atoms with E-state index in [1.54, 1.807) is 20.5 Å². The summed E-state index contributed by atoms with van der Waals surface area (Å²) in [6.45, 7) is 2.03. The second kappa shape index (κ2) is 5.64. The van der Waals surface area contributed by atoms with Crippen LogP contribution in [0.2, 0.25) is 0 Å². The van der Waals surface area contributed by atoms with Crippen LogP contribution in [0.5, 0.6) is 11.5 Å². The van der Waals surface area contributed by atoms with Crippen molar-refractivity contribution < 1.29 is 13.9 Å². The van der Waals surface area contributed by atoms with Crippen molar-refractivity contribution in [3.05, 3.63) is 65.4 Å². The number of benzene rings is 2. The molecule has 0 N–H and O–H groups in total. The first-order valence-corrected chi connectivity index (χ1v) is 7.90. The van der Waals surface area contributed by atoms with E-state index in [4.69, 9.17) is 13.9 Å². The topological polar surface area (TPSA) is 34.8 Å². The van der Waals surface area contributed by atoms with Crippen LogP contribution in [0.1, 0.15) is 16.7 Å². The highest BCUT2D eigenvalue weighted by Gasteiger charge is 2.31. The summed E-state index contributed by atoms with van der Waals surface area (Å²) in [5.41, 5.74) is 5.42. The summed E-state index contributed by atoms with van der Waals surface area (Å²) in [6, 6.07) is 14.4. The molecule has 0 atom stereocenters. The van der Waals surface area contributed by atoms with Crippen LogP contribution in [0.3, 0.4) is 0 Å². The van der Waals surface area contributed by atoms with Gasteiger partial charge in [-0.15, -0.1) is 0 Å². The number of para-hydroxylation sites is 1. The van der Waals surface area contributed by atoms with Crippen molar-refractivity contribution in [2.45, 2.75) is 13.3 Å². The Morgan fingerprint density at radius 2 is 1.67 bits per heavy atom. The molecule has 0 saturated carbocycles. The van der Waals surface area contributed by atoms with Gasteiger partial charge in [0.25, 0.3) is 0 Å². The quantitative estimate of drug-likeness (QED) is 0.533. The van der Waals surface area contributed by atoms with Gasteiger partial charge in [0.1, 0.15) is 17.2 Å². The Bertz CT molecular complexity index is 872. The largest absolute Gasteiger partial charge is 0.494 e. The number of anilines is 3. The summed E-state index contributed by atoms with van der Waals surface area (Å²) in [4.78, 5) is 2.09. The number of fused-ring (bicyclic) bond motifs is 2. The van der Waals surface area contributed by atoms with Crippen LogP contribution in [0, 0.1) is 6.92 Å². The standard InChI is InChI=1S/C20H19NO3/c1-13-10-17(22-2)19(18(11-13)23-3)21-16-7-5-4-6-14(16)12-15-8-9-24-20(15)21/h4-11H,12H2,1-3H3. The van der Waals surface area contributed by atoms with Crippen LogP contribution in [0.25, 0.3) is 0 Å². The van der Waals surface area contributed by atoms with E-state index in [-0.39, 0.29) is 0 Å². The van der Waals surface area contributed by atoms with E-state index in [0.29, 0.717) is 0 Å². The van der Waals surface area contributed by atoms with Gasteiger partial charge in [0.05, 0.1) is 26.2 Å². The van der Waals surface area contributed by atoms with Gasteiger partial charge in [-0.1, -0.05) is 18.2 Å². The number of nitrogens with zero attached hydrogens (tertiary/aromatic N) is 1. The Morgan fingerprint density at radius 1 is 0.958 bits per heavy atom. The van der Waals surface area contributed by atoms with Crippen LogP contribution < -0.4 is 14.4 Å². The summed E-state index contributed by atoms with van der Waals surface area (Å²) in [6.07, 6.45) is 2.59. The molecule has 1 aliphatic heterocycles. The molecule has 0 saturated heterocycles. The minimum atomic E-state index is 0.755. The zero-order valence-corrected chi connectivity index (χ0v) is 14.0. The number of furan rings is 1.